The van der Waals surface area contributed by atoms with E-state index in [1.54, 1.807) is 30.3 Å². The molecule has 0 heterocycles. The van der Waals surface area contributed by atoms with Crippen LogP contribution < -0.4 is 9.62 Å². The van der Waals surface area contributed by atoms with Gasteiger partial charge in [0.05, 0.1) is 11.9 Å². The van der Waals surface area contributed by atoms with Crippen molar-refractivity contribution in [1.82, 2.24) is 10.2 Å². The minimum absolute atomic E-state index is 0.0280. The number of para-hydroxylation sites is 1. The summed E-state index contributed by atoms with van der Waals surface area (Å²) in [4.78, 5) is 29.5. The van der Waals surface area contributed by atoms with E-state index in [1.807, 2.05) is 76.2 Å². The molecule has 3 aromatic rings. The Morgan fingerprint density at radius 2 is 1.54 bits per heavy atom. The molecule has 7 nitrogen and oxygen atoms in total. The molecule has 0 aromatic heterocycles. The van der Waals surface area contributed by atoms with Crippen molar-refractivity contribution in [1.29, 1.82) is 0 Å². The number of carbonyl (C=O) groups excluding carboxylic acids is 2. The number of benzene rings is 3. The summed E-state index contributed by atoms with van der Waals surface area (Å²) in [5.74, 6) is -0.762. The molecule has 0 saturated heterocycles. The Hall–Kier alpha value is -3.36. The van der Waals surface area contributed by atoms with Crippen molar-refractivity contribution in [2.75, 3.05) is 17.1 Å². The molecule has 220 valence electrons. The minimum Gasteiger partial charge on any atom is -0.352 e. The number of hydrogen-bond donors (Lipinski definition) is 1. The maximum atomic E-state index is 14.2. The maximum absolute atomic E-state index is 14.2. The van der Waals surface area contributed by atoms with Gasteiger partial charge in [0.25, 0.3) is 0 Å². The van der Waals surface area contributed by atoms with E-state index in [0.29, 0.717) is 10.7 Å². The van der Waals surface area contributed by atoms with Gasteiger partial charge in [0.15, 0.2) is 0 Å². The van der Waals surface area contributed by atoms with Crippen LogP contribution in [0.3, 0.4) is 0 Å². The van der Waals surface area contributed by atoms with Crippen molar-refractivity contribution in [3.63, 3.8) is 0 Å². The molecule has 0 spiro atoms. The summed E-state index contributed by atoms with van der Waals surface area (Å²) in [5.41, 5.74) is 2.87. The Morgan fingerprint density at radius 3 is 2.15 bits per heavy atom. The lowest BCUT2D eigenvalue weighted by atomic mass is 10.0. The molecule has 1 N–H and O–H groups in total. The first kappa shape index (κ1) is 32.2. The van der Waals surface area contributed by atoms with Crippen LogP contribution in [0.4, 0.5) is 5.69 Å². The summed E-state index contributed by atoms with van der Waals surface area (Å²) in [6.45, 7) is 7.46. The van der Waals surface area contributed by atoms with Crippen LogP contribution in [0.2, 0.25) is 5.02 Å². The van der Waals surface area contributed by atoms with Crippen molar-refractivity contribution >= 4 is 39.1 Å². The first-order valence-corrected chi connectivity index (χ1v) is 16.1. The molecule has 0 radical (unpaired) electrons. The normalized spacial score (nSPS) is 13.0. The third kappa shape index (κ3) is 9.07. The summed E-state index contributed by atoms with van der Waals surface area (Å²) in [6, 6.07) is 22.8. The first-order valence-electron chi connectivity index (χ1n) is 13.9. The van der Waals surface area contributed by atoms with Gasteiger partial charge in [0.2, 0.25) is 21.8 Å². The van der Waals surface area contributed by atoms with Crippen LogP contribution in [0, 0.1) is 0 Å². The van der Waals surface area contributed by atoms with Gasteiger partial charge in [-0.15, -0.1) is 0 Å². The highest BCUT2D eigenvalue weighted by atomic mass is 35.5. The van der Waals surface area contributed by atoms with Gasteiger partial charge in [-0.1, -0.05) is 93.0 Å². The summed E-state index contributed by atoms with van der Waals surface area (Å²) in [7, 11) is -3.85. The van der Waals surface area contributed by atoms with E-state index in [4.69, 9.17) is 11.6 Å². The topological polar surface area (TPSA) is 86.8 Å². The number of nitrogens with one attached hydrogen (secondary N) is 1. The molecule has 2 amide bonds. The fourth-order valence-corrected chi connectivity index (χ4v) is 5.71. The second-order valence-corrected chi connectivity index (χ2v) is 13.0. The number of amides is 2. The fourth-order valence-electron chi connectivity index (χ4n) is 4.62. The monoisotopic (exact) mass is 597 g/mol. The molecular weight excluding hydrogens is 558 g/mol. The van der Waals surface area contributed by atoms with Crippen molar-refractivity contribution in [2.24, 2.45) is 0 Å². The van der Waals surface area contributed by atoms with Crippen molar-refractivity contribution in [3.05, 3.63) is 101 Å². The van der Waals surface area contributed by atoms with Gasteiger partial charge in [-0.2, -0.15) is 0 Å². The molecular formula is C32H40ClN3O4S. The highest BCUT2D eigenvalue weighted by Crippen LogP contribution is 2.29. The van der Waals surface area contributed by atoms with E-state index in [9.17, 15) is 18.0 Å². The smallest absolute Gasteiger partial charge is 0.244 e. The zero-order valence-corrected chi connectivity index (χ0v) is 26.0. The third-order valence-electron chi connectivity index (χ3n) is 7.02. The number of rotatable bonds is 13. The summed E-state index contributed by atoms with van der Waals surface area (Å²) in [6.07, 6.45) is 2.08. The highest BCUT2D eigenvalue weighted by Gasteiger charge is 2.34. The van der Waals surface area contributed by atoms with E-state index >= 15 is 0 Å². The number of nitrogens with zero attached hydrogens (tertiary/aromatic N) is 2. The van der Waals surface area contributed by atoms with Gasteiger partial charge < -0.3 is 10.2 Å². The maximum Gasteiger partial charge on any atom is 0.244 e. The highest BCUT2D eigenvalue weighted by molar-refractivity contribution is 7.92. The fraction of sp³-hybridized carbons (Fsp3) is 0.375. The molecule has 0 aliphatic heterocycles. The van der Waals surface area contributed by atoms with Crippen LogP contribution in [-0.2, 0) is 32.6 Å². The Balaban J connectivity index is 2.10. The lowest BCUT2D eigenvalue weighted by molar-refractivity contribution is -0.140. The van der Waals surface area contributed by atoms with Crippen molar-refractivity contribution < 1.29 is 18.0 Å². The molecule has 0 aliphatic carbocycles. The second-order valence-electron chi connectivity index (χ2n) is 10.7. The van der Waals surface area contributed by atoms with Gasteiger partial charge in [0.1, 0.15) is 12.6 Å². The predicted octanol–water partition coefficient (Wildman–Crippen LogP) is 5.78. The zero-order chi connectivity index (χ0) is 30.2. The average Bonchev–Trinajstić information content (AvgIpc) is 2.93. The number of anilines is 1. The zero-order valence-electron chi connectivity index (χ0n) is 24.4. The van der Waals surface area contributed by atoms with Gasteiger partial charge in [-0.3, -0.25) is 13.9 Å². The molecule has 0 unspecified atom stereocenters. The average molecular weight is 598 g/mol. The van der Waals surface area contributed by atoms with E-state index in [0.717, 1.165) is 33.7 Å². The van der Waals surface area contributed by atoms with Gasteiger partial charge in [-0.25, -0.2) is 8.42 Å². The van der Waals surface area contributed by atoms with Crippen molar-refractivity contribution in [2.45, 2.75) is 65.1 Å². The Labute approximate surface area is 249 Å². The Morgan fingerprint density at radius 1 is 0.902 bits per heavy atom. The predicted molar refractivity (Wildman–Crippen MR) is 167 cm³/mol. The number of halogens is 1. The van der Waals surface area contributed by atoms with E-state index in [-0.39, 0.29) is 30.8 Å². The van der Waals surface area contributed by atoms with Crippen LogP contribution >= 0.6 is 11.6 Å². The lowest BCUT2D eigenvalue weighted by Gasteiger charge is -2.34. The van der Waals surface area contributed by atoms with Crippen LogP contribution in [0.5, 0.6) is 0 Å². The number of sulfonamides is 1. The quantitative estimate of drug-likeness (QED) is 0.270. The number of carbonyl (C=O) groups is 2. The van der Waals surface area contributed by atoms with E-state index in [2.05, 4.69) is 5.32 Å². The van der Waals surface area contributed by atoms with Crippen molar-refractivity contribution in [3.8, 4) is 0 Å². The van der Waals surface area contributed by atoms with Crippen LogP contribution in [0.15, 0.2) is 78.9 Å². The Kier molecular flexibility index (Phi) is 11.4. The molecule has 2 atom stereocenters. The van der Waals surface area contributed by atoms with Crippen LogP contribution in [0.1, 0.15) is 56.7 Å². The standard InChI is InChI=1S/C32H40ClN3O4S/c1-6-24(4)34-32(38)30(20-25-13-8-7-9-14-25)35(21-26-15-12-16-27(33)19-26)31(37)22-36(41(5,39)40)29-18-11-10-17-28(29)23(2)3/h7-19,23-24,30H,6,20-22H2,1-5H3,(H,34,38)/t24-,30+/m1/s1. The summed E-state index contributed by atoms with van der Waals surface area (Å²) >= 11 is 6.27. The van der Waals surface area contributed by atoms with Gasteiger partial charge in [-0.05, 0) is 54.2 Å². The molecule has 3 rings (SSSR count). The SMILES string of the molecule is CC[C@@H](C)NC(=O)[C@H](Cc1ccccc1)N(Cc1cccc(Cl)c1)C(=O)CN(c1ccccc1C(C)C)S(C)(=O)=O. The Bertz CT molecular complexity index is 1430. The van der Waals surface area contributed by atoms with E-state index < -0.39 is 28.5 Å². The molecule has 3 aromatic carbocycles. The van der Waals surface area contributed by atoms with Crippen LogP contribution in [0.25, 0.3) is 0 Å². The van der Waals surface area contributed by atoms with Crippen LogP contribution in [-0.4, -0.2) is 50.0 Å². The molecule has 0 aliphatic rings. The lowest BCUT2D eigenvalue weighted by Crippen LogP contribution is -2.54. The van der Waals surface area contributed by atoms with E-state index in [1.165, 1.54) is 4.90 Å². The van der Waals surface area contributed by atoms with Gasteiger partial charge >= 0.3 is 0 Å². The largest absolute Gasteiger partial charge is 0.352 e. The number of hydrogen-bond acceptors (Lipinski definition) is 4. The molecule has 0 bridgehead atoms. The molecule has 0 fully saturated rings. The first-order chi connectivity index (χ1) is 19.4. The van der Waals surface area contributed by atoms with Gasteiger partial charge in [0, 0.05) is 24.0 Å². The summed E-state index contributed by atoms with van der Waals surface area (Å²) < 4.78 is 27.4. The minimum atomic E-state index is -3.85. The third-order valence-corrected chi connectivity index (χ3v) is 8.38. The summed E-state index contributed by atoms with van der Waals surface area (Å²) in [5, 5.41) is 3.53. The molecule has 9 heteroatoms. The molecule has 0 saturated carbocycles. The molecule has 41 heavy (non-hydrogen) atoms. The second kappa shape index (κ2) is 14.5.